The number of carbonyl (C=O) groups is 1. The van der Waals surface area contributed by atoms with E-state index in [0.717, 1.165) is 12.8 Å². The molecule has 7 nitrogen and oxygen atoms in total. The van der Waals surface area contributed by atoms with E-state index in [0.29, 0.717) is 50.9 Å². The van der Waals surface area contributed by atoms with Crippen molar-refractivity contribution in [2.75, 3.05) is 39.3 Å². The Morgan fingerprint density at radius 3 is 2.81 bits per heavy atom. The third-order valence-electron chi connectivity index (χ3n) is 4.92. The molecule has 10 heteroatoms. The molecule has 2 atom stereocenters. The van der Waals surface area contributed by atoms with E-state index < -0.39 is 12.7 Å². The van der Waals surface area contributed by atoms with Crippen molar-refractivity contribution in [1.82, 2.24) is 25.3 Å². The molecule has 0 aromatic carbocycles. The minimum absolute atomic E-state index is 0.0319. The Bertz CT molecular complexity index is 621. The summed E-state index contributed by atoms with van der Waals surface area (Å²) in [6.45, 7) is 3.22. The van der Waals surface area contributed by atoms with Crippen molar-refractivity contribution in [2.24, 2.45) is 5.92 Å². The Labute approximate surface area is 149 Å². The summed E-state index contributed by atoms with van der Waals surface area (Å²) in [6.07, 6.45) is -1.77. The number of hydrogen-bond acceptors (Lipinski definition) is 5. The van der Waals surface area contributed by atoms with Gasteiger partial charge in [-0.2, -0.15) is 18.2 Å². The van der Waals surface area contributed by atoms with Crippen molar-refractivity contribution in [3.05, 3.63) is 11.7 Å². The molecule has 2 saturated heterocycles. The number of piperidine rings is 1. The average molecular weight is 375 g/mol. The topological polar surface area (TPSA) is 74.5 Å². The summed E-state index contributed by atoms with van der Waals surface area (Å²) in [5, 5.41) is 6.66. The van der Waals surface area contributed by atoms with E-state index in [1.54, 1.807) is 11.8 Å². The summed E-state index contributed by atoms with van der Waals surface area (Å²) in [6, 6.07) is -0.180. The number of nitrogens with zero attached hydrogens (tertiary/aromatic N) is 4. The number of aryl methyl sites for hydroxylation is 1. The van der Waals surface area contributed by atoms with Crippen LogP contribution < -0.4 is 5.32 Å². The fraction of sp³-hybridized carbons (Fsp3) is 0.812. The first kappa shape index (κ1) is 18.9. The maximum Gasteiger partial charge on any atom is 0.401 e. The van der Waals surface area contributed by atoms with E-state index in [9.17, 15) is 18.0 Å². The molecule has 2 fully saturated rings. The lowest BCUT2D eigenvalue weighted by Crippen LogP contribution is -2.46. The van der Waals surface area contributed by atoms with Crippen LogP contribution in [0.5, 0.6) is 0 Å². The van der Waals surface area contributed by atoms with E-state index in [1.807, 2.05) is 0 Å². The predicted octanol–water partition coefficient (Wildman–Crippen LogP) is 2.15. The highest BCUT2D eigenvalue weighted by Gasteiger charge is 2.34. The van der Waals surface area contributed by atoms with Crippen molar-refractivity contribution in [3.63, 3.8) is 0 Å². The van der Waals surface area contributed by atoms with Crippen LogP contribution in [0.3, 0.4) is 0 Å². The van der Waals surface area contributed by atoms with Gasteiger partial charge in [-0.15, -0.1) is 0 Å². The Balaban J connectivity index is 1.43. The van der Waals surface area contributed by atoms with Crippen LogP contribution in [0.15, 0.2) is 4.52 Å². The van der Waals surface area contributed by atoms with Crippen molar-refractivity contribution in [1.29, 1.82) is 0 Å². The Kier molecular flexibility index (Phi) is 5.69. The zero-order valence-corrected chi connectivity index (χ0v) is 14.8. The number of carbonyl (C=O) groups excluding carboxylic acids is 1. The standard InChI is InChI=1S/C16H24F3N5O2/c1-11-21-14(26-22-11)13-3-2-5-24(9-13)15(25)20-7-12-4-6-23(8-12)10-16(17,18)19/h12-13H,2-10H2,1H3,(H,20,25). The van der Waals surface area contributed by atoms with Gasteiger partial charge in [-0.1, -0.05) is 5.16 Å². The van der Waals surface area contributed by atoms with Gasteiger partial charge in [-0.25, -0.2) is 4.79 Å². The van der Waals surface area contributed by atoms with E-state index in [-0.39, 0.29) is 17.9 Å². The predicted molar refractivity (Wildman–Crippen MR) is 86.6 cm³/mol. The van der Waals surface area contributed by atoms with Gasteiger partial charge in [0.2, 0.25) is 5.89 Å². The second-order valence-electron chi connectivity index (χ2n) is 7.16. The lowest BCUT2D eigenvalue weighted by atomic mass is 9.98. The van der Waals surface area contributed by atoms with Crippen LogP contribution in [0.4, 0.5) is 18.0 Å². The van der Waals surface area contributed by atoms with Gasteiger partial charge in [0.25, 0.3) is 0 Å². The van der Waals surface area contributed by atoms with Gasteiger partial charge >= 0.3 is 12.2 Å². The summed E-state index contributed by atoms with van der Waals surface area (Å²) in [4.78, 5) is 19.8. The van der Waals surface area contributed by atoms with E-state index in [2.05, 4.69) is 15.5 Å². The number of halogens is 3. The lowest BCUT2D eigenvalue weighted by molar-refractivity contribution is -0.143. The van der Waals surface area contributed by atoms with Gasteiger partial charge in [0.1, 0.15) is 0 Å². The van der Waals surface area contributed by atoms with E-state index in [4.69, 9.17) is 4.52 Å². The SMILES string of the molecule is Cc1noc(C2CCCN(C(=O)NCC3CCN(CC(F)(F)F)C3)C2)n1. The van der Waals surface area contributed by atoms with Crippen LogP contribution in [0, 0.1) is 12.8 Å². The molecule has 0 spiro atoms. The molecular formula is C16H24F3N5O2. The van der Waals surface area contributed by atoms with Crippen LogP contribution >= 0.6 is 0 Å². The molecule has 1 aromatic rings. The molecule has 1 N–H and O–H groups in total. The quantitative estimate of drug-likeness (QED) is 0.873. The zero-order chi connectivity index (χ0) is 18.7. The molecule has 0 bridgehead atoms. The largest absolute Gasteiger partial charge is 0.401 e. The summed E-state index contributed by atoms with van der Waals surface area (Å²) in [7, 11) is 0. The molecule has 26 heavy (non-hydrogen) atoms. The fourth-order valence-electron chi connectivity index (χ4n) is 3.66. The maximum absolute atomic E-state index is 12.4. The maximum atomic E-state index is 12.4. The highest BCUT2D eigenvalue weighted by atomic mass is 19.4. The van der Waals surface area contributed by atoms with Gasteiger partial charge in [-0.3, -0.25) is 4.90 Å². The number of hydrogen-bond donors (Lipinski definition) is 1. The molecular weight excluding hydrogens is 351 g/mol. The summed E-state index contributed by atoms with van der Waals surface area (Å²) in [5.41, 5.74) is 0. The summed E-state index contributed by atoms with van der Waals surface area (Å²) >= 11 is 0. The number of rotatable bonds is 4. The lowest BCUT2D eigenvalue weighted by Gasteiger charge is -2.31. The van der Waals surface area contributed by atoms with Crippen molar-refractivity contribution in [3.8, 4) is 0 Å². The molecule has 1 aromatic heterocycles. The monoisotopic (exact) mass is 375 g/mol. The average Bonchev–Trinajstić information content (AvgIpc) is 3.20. The minimum atomic E-state index is -4.17. The Morgan fingerprint density at radius 2 is 2.12 bits per heavy atom. The Morgan fingerprint density at radius 1 is 1.31 bits per heavy atom. The molecule has 2 amide bonds. The van der Waals surface area contributed by atoms with Gasteiger partial charge in [0, 0.05) is 26.2 Å². The van der Waals surface area contributed by atoms with Crippen LogP contribution in [0.1, 0.15) is 36.9 Å². The molecule has 2 unspecified atom stereocenters. The highest BCUT2D eigenvalue weighted by Crippen LogP contribution is 2.26. The van der Waals surface area contributed by atoms with Crippen LogP contribution in [-0.2, 0) is 0 Å². The summed E-state index contributed by atoms with van der Waals surface area (Å²) < 4.78 is 42.5. The number of nitrogens with one attached hydrogen (secondary N) is 1. The van der Waals surface area contributed by atoms with Gasteiger partial charge in [0.05, 0.1) is 12.5 Å². The van der Waals surface area contributed by atoms with Crippen LogP contribution in [-0.4, -0.2) is 71.4 Å². The molecule has 0 radical (unpaired) electrons. The second kappa shape index (κ2) is 7.81. The number of amides is 2. The van der Waals surface area contributed by atoms with Crippen LogP contribution in [0.2, 0.25) is 0 Å². The number of alkyl halides is 3. The van der Waals surface area contributed by atoms with E-state index in [1.165, 1.54) is 4.90 Å². The number of aromatic nitrogens is 2. The first-order valence-electron chi connectivity index (χ1n) is 8.92. The van der Waals surface area contributed by atoms with Crippen molar-refractivity contribution < 1.29 is 22.5 Å². The van der Waals surface area contributed by atoms with Gasteiger partial charge in [-0.05, 0) is 38.6 Å². The fourth-order valence-corrected chi connectivity index (χ4v) is 3.66. The third kappa shape index (κ3) is 5.09. The van der Waals surface area contributed by atoms with Crippen molar-refractivity contribution >= 4 is 6.03 Å². The molecule has 2 aliphatic heterocycles. The molecule has 3 heterocycles. The zero-order valence-electron chi connectivity index (χ0n) is 14.8. The second-order valence-corrected chi connectivity index (χ2v) is 7.16. The Hall–Kier alpha value is -1.84. The van der Waals surface area contributed by atoms with Crippen LogP contribution in [0.25, 0.3) is 0 Å². The normalized spacial score (nSPS) is 24.8. The smallest absolute Gasteiger partial charge is 0.339 e. The minimum Gasteiger partial charge on any atom is -0.339 e. The van der Waals surface area contributed by atoms with Gasteiger partial charge < -0.3 is 14.7 Å². The molecule has 0 aliphatic carbocycles. The number of urea groups is 1. The highest BCUT2D eigenvalue weighted by molar-refractivity contribution is 5.74. The van der Waals surface area contributed by atoms with Gasteiger partial charge in [0.15, 0.2) is 5.82 Å². The summed E-state index contributed by atoms with van der Waals surface area (Å²) in [5.74, 6) is 1.22. The number of likely N-dealkylation sites (tertiary alicyclic amines) is 2. The van der Waals surface area contributed by atoms with Crippen molar-refractivity contribution in [2.45, 2.75) is 38.3 Å². The first-order chi connectivity index (χ1) is 12.3. The van der Waals surface area contributed by atoms with E-state index >= 15 is 0 Å². The third-order valence-corrected chi connectivity index (χ3v) is 4.92. The molecule has 0 saturated carbocycles. The molecule has 146 valence electrons. The molecule has 2 aliphatic rings. The first-order valence-corrected chi connectivity index (χ1v) is 8.92. The molecule has 3 rings (SSSR count).